The molecule has 58 heavy (non-hydrogen) atoms. The van der Waals surface area contributed by atoms with Crippen LogP contribution in [0.5, 0.6) is 17.2 Å². The molecular weight excluding hydrogens is 737 g/mol. The second-order valence-electron chi connectivity index (χ2n) is 17.8. The number of carbonyl (C=O) groups is 4. The predicted molar refractivity (Wildman–Crippen MR) is 223 cm³/mol. The molecule has 1 spiro atoms. The van der Waals surface area contributed by atoms with Gasteiger partial charge in [0.2, 0.25) is 5.91 Å². The zero-order valence-electron chi connectivity index (χ0n) is 36.1. The fraction of sp³-hybridized carbons (Fsp3) is 0.574. The van der Waals surface area contributed by atoms with Crippen molar-refractivity contribution in [3.63, 3.8) is 0 Å². The highest BCUT2D eigenvalue weighted by molar-refractivity contribution is 6.17. The summed E-state index contributed by atoms with van der Waals surface area (Å²) in [5.74, 6) is -0.927. The molecule has 1 aromatic rings. The third kappa shape index (κ3) is 7.44. The number of fused-ring (bicyclic) bond motifs is 2. The van der Waals surface area contributed by atoms with Gasteiger partial charge in [-0.1, -0.05) is 35.5 Å². The average molecular weight is 799 g/mol. The monoisotopic (exact) mass is 798 g/mol. The van der Waals surface area contributed by atoms with Crippen LogP contribution in [0.1, 0.15) is 136 Å². The normalized spacial score (nSPS) is 28.0. The van der Waals surface area contributed by atoms with Gasteiger partial charge in [0, 0.05) is 54.6 Å². The molecule has 2 amide bonds. The number of ketones is 2. The first-order valence-corrected chi connectivity index (χ1v) is 20.9. The number of benzene rings is 1. The largest absolute Gasteiger partial charge is 0.506 e. The Hall–Kier alpha value is -4.64. The van der Waals surface area contributed by atoms with Gasteiger partial charge in [-0.25, -0.2) is 4.79 Å². The molecule has 2 bridgehead atoms. The summed E-state index contributed by atoms with van der Waals surface area (Å²) in [7, 11) is 0. The number of phenolic OH excluding ortho intramolecular Hbond substituents is 1. The van der Waals surface area contributed by atoms with E-state index in [1.807, 2.05) is 52.8 Å². The number of piperidine rings is 1. The summed E-state index contributed by atoms with van der Waals surface area (Å²) < 4.78 is 26.3. The van der Waals surface area contributed by atoms with Gasteiger partial charge in [-0.15, -0.1) is 0 Å². The van der Waals surface area contributed by atoms with E-state index in [1.54, 1.807) is 37.8 Å². The number of ether oxygens (including phenoxy) is 4. The van der Waals surface area contributed by atoms with Gasteiger partial charge in [0.1, 0.15) is 28.4 Å². The minimum absolute atomic E-state index is 0.0197. The summed E-state index contributed by atoms with van der Waals surface area (Å²) in [5.41, 5.74) is -0.846. The smallest absolute Gasteiger partial charge is 0.409 e. The Morgan fingerprint density at radius 1 is 0.983 bits per heavy atom. The Bertz CT molecular complexity index is 2020. The van der Waals surface area contributed by atoms with Crippen molar-refractivity contribution in [2.24, 2.45) is 5.92 Å². The lowest BCUT2D eigenvalue weighted by Gasteiger charge is -2.52. The number of amides is 2. The molecule has 3 fully saturated rings. The first kappa shape index (κ1) is 43.0. The van der Waals surface area contributed by atoms with Gasteiger partial charge in [-0.3, -0.25) is 14.4 Å². The lowest BCUT2D eigenvalue weighted by Crippen LogP contribution is -2.68. The number of allylic oxidation sites excluding steroid dienone is 5. The van der Waals surface area contributed by atoms with Crippen molar-refractivity contribution in [1.29, 1.82) is 0 Å². The SMILES string of the molecule is C/C=C1/C(=O)c2c(O)c3c(c(CC=C(C)C)c2OC12C1CCC(=O)C2(C/C=C(/C)C(=O)NC2CCN(C(=O)OCC)CC2)OC1(C)C)OC(C)(CCC=C(C)C)C=C3. The molecule has 6 rings (SSSR count). The highest BCUT2D eigenvalue weighted by atomic mass is 16.6. The summed E-state index contributed by atoms with van der Waals surface area (Å²) in [6.07, 6.45) is 14.7. The topological polar surface area (TPSA) is 141 Å². The van der Waals surface area contributed by atoms with E-state index in [1.165, 1.54) is 5.57 Å². The van der Waals surface area contributed by atoms with Gasteiger partial charge < -0.3 is 34.3 Å². The summed E-state index contributed by atoms with van der Waals surface area (Å²) in [6.45, 7) is 20.5. The number of rotatable bonds is 10. The van der Waals surface area contributed by atoms with E-state index in [2.05, 4.69) is 25.2 Å². The van der Waals surface area contributed by atoms with Gasteiger partial charge in [0.05, 0.1) is 17.8 Å². The van der Waals surface area contributed by atoms with Crippen molar-refractivity contribution < 1.29 is 43.2 Å². The van der Waals surface area contributed by atoms with E-state index in [9.17, 15) is 19.5 Å². The van der Waals surface area contributed by atoms with Gasteiger partial charge in [-0.2, -0.15) is 0 Å². The van der Waals surface area contributed by atoms with E-state index in [0.29, 0.717) is 74.3 Å². The molecule has 0 radical (unpaired) electrons. The van der Waals surface area contributed by atoms with Crippen LogP contribution < -0.4 is 14.8 Å². The van der Waals surface area contributed by atoms with Crippen LogP contribution in [0.2, 0.25) is 0 Å². The van der Waals surface area contributed by atoms with Gasteiger partial charge >= 0.3 is 6.09 Å². The molecule has 314 valence electrons. The lowest BCUT2D eigenvalue weighted by atomic mass is 9.57. The van der Waals surface area contributed by atoms with Gasteiger partial charge in [0.25, 0.3) is 0 Å². The van der Waals surface area contributed by atoms with Crippen molar-refractivity contribution in [2.45, 2.75) is 149 Å². The van der Waals surface area contributed by atoms with Crippen molar-refractivity contribution >= 4 is 29.6 Å². The van der Waals surface area contributed by atoms with E-state index >= 15 is 4.79 Å². The van der Waals surface area contributed by atoms with Crippen LogP contribution in [-0.4, -0.2) is 81.7 Å². The summed E-state index contributed by atoms with van der Waals surface area (Å²) in [4.78, 5) is 57.3. The van der Waals surface area contributed by atoms with Crippen LogP contribution in [0.3, 0.4) is 0 Å². The highest BCUT2D eigenvalue weighted by Gasteiger charge is 2.77. The second kappa shape index (κ2) is 16.2. The Labute approximate surface area is 343 Å². The molecule has 4 aliphatic heterocycles. The maximum Gasteiger partial charge on any atom is 0.409 e. The van der Waals surface area contributed by atoms with E-state index in [4.69, 9.17) is 18.9 Å². The molecular formula is C47H62N2O9. The number of aromatic hydroxyl groups is 1. The van der Waals surface area contributed by atoms with Crippen LogP contribution in [0.4, 0.5) is 4.79 Å². The van der Waals surface area contributed by atoms with E-state index < -0.39 is 34.1 Å². The molecule has 4 heterocycles. The first-order valence-electron chi connectivity index (χ1n) is 20.9. The Morgan fingerprint density at radius 3 is 2.31 bits per heavy atom. The Kier molecular flexibility index (Phi) is 12.0. The Morgan fingerprint density at radius 2 is 1.67 bits per heavy atom. The number of phenols is 1. The van der Waals surface area contributed by atoms with E-state index in [-0.39, 0.29) is 59.3 Å². The third-order valence-electron chi connectivity index (χ3n) is 12.7. The predicted octanol–water partition coefficient (Wildman–Crippen LogP) is 8.67. The lowest BCUT2D eigenvalue weighted by molar-refractivity contribution is -0.166. The van der Waals surface area contributed by atoms with Crippen molar-refractivity contribution in [3.8, 4) is 17.2 Å². The Balaban J connectivity index is 1.42. The molecule has 2 saturated heterocycles. The first-order chi connectivity index (χ1) is 27.3. The number of nitrogens with one attached hydrogen (secondary N) is 1. The van der Waals surface area contributed by atoms with Crippen LogP contribution in [-0.2, 0) is 25.5 Å². The van der Waals surface area contributed by atoms with Crippen molar-refractivity contribution in [1.82, 2.24) is 10.2 Å². The fourth-order valence-electron chi connectivity index (χ4n) is 9.66. The number of hydrogen-bond acceptors (Lipinski definition) is 9. The number of likely N-dealkylation sites (tertiary alicyclic amines) is 1. The summed E-state index contributed by atoms with van der Waals surface area (Å²) in [5, 5.41) is 15.1. The van der Waals surface area contributed by atoms with Crippen LogP contribution in [0.15, 0.2) is 52.7 Å². The standard InChI is InChI=1S/C47H62N2O9/c1-11-34-39(52)37-38(51)32-20-24-45(10,23-13-14-28(3)4)56-40(32)33(16-15-29(5)6)41(37)57-47(34)35-17-18-36(50)46(47,58-44(35,8)9)25-19-30(7)42(53)48-31-21-26-49(27-22-31)43(54)55-12-2/h11,14-15,19-20,24,31,35,51H,12-13,16-18,21-23,25-27H2,1-10H3,(H,48,53)/b30-19-,34-11-. The molecule has 1 aromatic carbocycles. The average Bonchev–Trinajstić information content (AvgIpc) is 3.26. The maximum atomic E-state index is 15.1. The molecule has 2 N–H and O–H groups in total. The molecule has 0 aromatic heterocycles. The summed E-state index contributed by atoms with van der Waals surface area (Å²) >= 11 is 0. The van der Waals surface area contributed by atoms with Crippen molar-refractivity contribution in [2.75, 3.05) is 19.7 Å². The number of Topliss-reactive ketones (excluding diaryl/α,β-unsaturated/α-hetero) is 2. The minimum Gasteiger partial charge on any atom is -0.506 e. The van der Waals surface area contributed by atoms with Gasteiger partial charge in [0.15, 0.2) is 22.8 Å². The van der Waals surface area contributed by atoms with Crippen LogP contribution >= 0.6 is 0 Å². The number of nitrogens with zero attached hydrogens (tertiary/aromatic N) is 1. The highest BCUT2D eigenvalue weighted by Crippen LogP contribution is 2.65. The van der Waals surface area contributed by atoms with Crippen LogP contribution in [0, 0.1) is 5.92 Å². The molecule has 4 unspecified atom stereocenters. The van der Waals surface area contributed by atoms with Crippen LogP contribution in [0.25, 0.3) is 6.08 Å². The maximum absolute atomic E-state index is 15.1. The zero-order chi connectivity index (χ0) is 42.4. The minimum atomic E-state index is -1.67. The van der Waals surface area contributed by atoms with Crippen molar-refractivity contribution in [3.05, 3.63) is 69.4 Å². The van der Waals surface area contributed by atoms with Gasteiger partial charge in [-0.05, 0) is 120 Å². The number of hydrogen-bond donors (Lipinski definition) is 2. The fourth-order valence-corrected chi connectivity index (χ4v) is 9.66. The second-order valence-corrected chi connectivity index (χ2v) is 17.8. The number of carbonyl (C=O) groups excluding carboxylic acids is 4. The molecule has 1 aliphatic carbocycles. The zero-order valence-corrected chi connectivity index (χ0v) is 36.1. The molecule has 4 atom stereocenters. The quantitative estimate of drug-likeness (QED) is 0.176. The molecule has 11 heteroatoms. The third-order valence-corrected chi connectivity index (χ3v) is 12.7. The molecule has 5 aliphatic rings. The van der Waals surface area contributed by atoms with E-state index in [0.717, 1.165) is 12.0 Å². The molecule has 1 saturated carbocycles. The molecule has 11 nitrogen and oxygen atoms in total. The summed E-state index contributed by atoms with van der Waals surface area (Å²) in [6, 6.07) is -0.136.